The van der Waals surface area contributed by atoms with E-state index in [2.05, 4.69) is 5.32 Å². The van der Waals surface area contributed by atoms with Crippen LogP contribution >= 0.6 is 0 Å². The monoisotopic (exact) mass is 344 g/mol. The maximum Gasteiger partial charge on any atom is 0.331 e. The Labute approximate surface area is 145 Å². The summed E-state index contributed by atoms with van der Waals surface area (Å²) in [6.07, 6.45) is 1.46. The highest BCUT2D eigenvalue weighted by Crippen LogP contribution is 2.11. The minimum Gasteiger partial charge on any atom is -0.467 e. The second kappa shape index (κ2) is 8.79. The largest absolute Gasteiger partial charge is 0.467 e. The molecule has 7 nitrogen and oxygen atoms in total. The number of methoxy groups -OCH3 is 1. The lowest BCUT2D eigenvalue weighted by molar-refractivity contribution is -0.146. The molecule has 2 rings (SSSR count). The number of esters is 1. The second-order valence-corrected chi connectivity index (χ2v) is 5.36. The van der Waals surface area contributed by atoms with Gasteiger partial charge in [-0.3, -0.25) is 14.2 Å². The van der Waals surface area contributed by atoms with Gasteiger partial charge in [-0.2, -0.15) is 0 Å². The molecule has 1 amide bonds. The van der Waals surface area contributed by atoms with E-state index in [1.165, 1.54) is 30.9 Å². The van der Waals surface area contributed by atoms with Gasteiger partial charge >= 0.3 is 5.97 Å². The molecule has 0 fully saturated rings. The van der Waals surface area contributed by atoms with Gasteiger partial charge in [-0.15, -0.1) is 0 Å². The first-order valence-electron chi connectivity index (χ1n) is 7.71. The Morgan fingerprint density at radius 2 is 1.88 bits per heavy atom. The molecule has 132 valence electrons. The van der Waals surface area contributed by atoms with Gasteiger partial charge in [0, 0.05) is 13.1 Å². The number of amides is 1. The van der Waals surface area contributed by atoms with E-state index in [-0.39, 0.29) is 18.2 Å². The number of hydrogen-bond donors (Lipinski definition) is 1. The summed E-state index contributed by atoms with van der Waals surface area (Å²) in [5, 5.41) is 2.44. The number of aromatic nitrogens is 1. The van der Waals surface area contributed by atoms with E-state index in [4.69, 9.17) is 9.47 Å². The van der Waals surface area contributed by atoms with Crippen molar-refractivity contribution in [3.63, 3.8) is 0 Å². The standard InChI is InChI=1S/C18H20N2O5/c1-13(21)19-15-9-6-10-20(17(15)22)16(18(23)24-2)12-25-11-14-7-4-3-5-8-14/h3-10,16H,11-12H2,1-2H3,(H,19,21). The SMILES string of the molecule is COC(=O)C(COCc1ccccc1)n1cccc(NC(C)=O)c1=O. The summed E-state index contributed by atoms with van der Waals surface area (Å²) in [4.78, 5) is 35.8. The van der Waals surface area contributed by atoms with Crippen molar-refractivity contribution in [1.29, 1.82) is 0 Å². The fourth-order valence-corrected chi connectivity index (χ4v) is 2.30. The van der Waals surface area contributed by atoms with Gasteiger partial charge in [-0.25, -0.2) is 4.79 Å². The summed E-state index contributed by atoms with van der Waals surface area (Å²) in [5.41, 5.74) is 0.536. The molecule has 0 aliphatic heterocycles. The van der Waals surface area contributed by atoms with Crippen LogP contribution < -0.4 is 10.9 Å². The Bertz CT molecular complexity index is 786. The predicted octanol–water partition coefficient (Wildman–Crippen LogP) is 1.74. The van der Waals surface area contributed by atoms with Crippen LogP contribution in [0.3, 0.4) is 0 Å². The van der Waals surface area contributed by atoms with Crippen molar-refractivity contribution < 1.29 is 19.1 Å². The van der Waals surface area contributed by atoms with Gasteiger partial charge in [0.05, 0.1) is 20.3 Å². The van der Waals surface area contributed by atoms with Crippen LogP contribution in [0.2, 0.25) is 0 Å². The fourth-order valence-electron chi connectivity index (χ4n) is 2.30. The minimum absolute atomic E-state index is 0.0367. The van der Waals surface area contributed by atoms with E-state index in [1.54, 1.807) is 6.07 Å². The molecule has 1 aromatic carbocycles. The second-order valence-electron chi connectivity index (χ2n) is 5.36. The lowest BCUT2D eigenvalue weighted by Gasteiger charge is -2.18. The molecule has 7 heteroatoms. The van der Waals surface area contributed by atoms with Crippen molar-refractivity contribution in [2.24, 2.45) is 0 Å². The molecule has 1 aromatic heterocycles. The Morgan fingerprint density at radius 1 is 1.16 bits per heavy atom. The molecule has 0 saturated carbocycles. The van der Waals surface area contributed by atoms with Gasteiger partial charge in [-0.1, -0.05) is 30.3 Å². The first-order valence-corrected chi connectivity index (χ1v) is 7.71. The van der Waals surface area contributed by atoms with Crippen LogP contribution in [0.5, 0.6) is 0 Å². The lowest BCUT2D eigenvalue weighted by atomic mass is 10.2. The van der Waals surface area contributed by atoms with Crippen LogP contribution in [-0.4, -0.2) is 30.2 Å². The Hall–Kier alpha value is -2.93. The first-order chi connectivity index (χ1) is 12.0. The number of carbonyl (C=O) groups is 2. The van der Waals surface area contributed by atoms with Crippen molar-refractivity contribution in [1.82, 2.24) is 4.57 Å². The van der Waals surface area contributed by atoms with Crippen LogP contribution in [0.4, 0.5) is 5.69 Å². The van der Waals surface area contributed by atoms with Gasteiger partial charge in [0.25, 0.3) is 5.56 Å². The number of anilines is 1. The van der Waals surface area contributed by atoms with Gasteiger partial charge in [0.2, 0.25) is 5.91 Å². The van der Waals surface area contributed by atoms with Gasteiger partial charge in [0.1, 0.15) is 5.69 Å². The Morgan fingerprint density at radius 3 is 2.52 bits per heavy atom. The zero-order chi connectivity index (χ0) is 18.2. The summed E-state index contributed by atoms with van der Waals surface area (Å²) in [7, 11) is 1.25. The number of pyridine rings is 1. The molecule has 0 saturated heterocycles. The van der Waals surface area contributed by atoms with Gasteiger partial charge in [-0.05, 0) is 17.7 Å². The molecule has 1 N–H and O–H groups in total. The van der Waals surface area contributed by atoms with E-state index in [0.29, 0.717) is 6.61 Å². The normalized spacial score (nSPS) is 11.6. The van der Waals surface area contributed by atoms with Crippen LogP contribution in [-0.2, 0) is 25.7 Å². The molecule has 1 heterocycles. The average molecular weight is 344 g/mol. The van der Waals surface area contributed by atoms with E-state index < -0.39 is 17.6 Å². The zero-order valence-corrected chi connectivity index (χ0v) is 14.1. The minimum atomic E-state index is -0.949. The third-order valence-corrected chi connectivity index (χ3v) is 3.48. The third-order valence-electron chi connectivity index (χ3n) is 3.48. The molecule has 25 heavy (non-hydrogen) atoms. The maximum absolute atomic E-state index is 12.5. The van der Waals surface area contributed by atoms with Crippen LogP contribution in [0.1, 0.15) is 18.5 Å². The van der Waals surface area contributed by atoms with Crippen molar-refractivity contribution in [3.8, 4) is 0 Å². The highest BCUT2D eigenvalue weighted by atomic mass is 16.5. The summed E-state index contributed by atoms with van der Waals surface area (Å²) >= 11 is 0. The predicted molar refractivity (Wildman–Crippen MR) is 92.2 cm³/mol. The highest BCUT2D eigenvalue weighted by molar-refractivity contribution is 5.88. The summed E-state index contributed by atoms with van der Waals surface area (Å²) in [6, 6.07) is 11.6. The molecule has 0 bridgehead atoms. The summed E-state index contributed by atoms with van der Waals surface area (Å²) < 4.78 is 11.6. The summed E-state index contributed by atoms with van der Waals surface area (Å²) in [6.45, 7) is 1.57. The molecule has 1 unspecified atom stereocenters. The molecule has 0 radical (unpaired) electrons. The lowest BCUT2D eigenvalue weighted by Crippen LogP contribution is -2.34. The number of hydrogen-bond acceptors (Lipinski definition) is 5. The number of benzene rings is 1. The molecule has 0 aliphatic rings. The van der Waals surface area contributed by atoms with Crippen LogP contribution in [0, 0.1) is 0 Å². The number of nitrogens with zero attached hydrogens (tertiary/aromatic N) is 1. The van der Waals surface area contributed by atoms with E-state index in [0.717, 1.165) is 5.56 Å². The molecule has 0 spiro atoms. The number of rotatable bonds is 7. The fraction of sp³-hybridized carbons (Fsp3) is 0.278. The van der Waals surface area contributed by atoms with Crippen molar-refractivity contribution in [2.45, 2.75) is 19.6 Å². The van der Waals surface area contributed by atoms with Crippen molar-refractivity contribution in [3.05, 3.63) is 64.6 Å². The molecule has 2 aromatic rings. The van der Waals surface area contributed by atoms with Gasteiger partial charge < -0.3 is 14.8 Å². The molecular weight excluding hydrogens is 324 g/mol. The average Bonchev–Trinajstić information content (AvgIpc) is 2.61. The molecule has 1 atom stereocenters. The van der Waals surface area contributed by atoms with Crippen molar-refractivity contribution in [2.75, 3.05) is 19.0 Å². The quantitative estimate of drug-likeness (QED) is 0.773. The topological polar surface area (TPSA) is 86.6 Å². The van der Waals surface area contributed by atoms with E-state index >= 15 is 0 Å². The smallest absolute Gasteiger partial charge is 0.331 e. The third kappa shape index (κ3) is 5.02. The number of ether oxygens (including phenoxy) is 2. The van der Waals surface area contributed by atoms with Crippen molar-refractivity contribution >= 4 is 17.6 Å². The molecular formula is C18H20N2O5. The number of carbonyl (C=O) groups excluding carboxylic acids is 2. The highest BCUT2D eigenvalue weighted by Gasteiger charge is 2.23. The zero-order valence-electron chi connectivity index (χ0n) is 14.1. The molecule has 0 aliphatic carbocycles. The maximum atomic E-state index is 12.5. The van der Waals surface area contributed by atoms with E-state index in [9.17, 15) is 14.4 Å². The summed E-state index contributed by atoms with van der Waals surface area (Å²) in [5.74, 6) is -0.972. The first kappa shape index (κ1) is 18.4. The van der Waals surface area contributed by atoms with Crippen LogP contribution in [0.25, 0.3) is 0 Å². The Kier molecular flexibility index (Phi) is 6.47. The van der Waals surface area contributed by atoms with E-state index in [1.807, 2.05) is 30.3 Å². The van der Waals surface area contributed by atoms with Gasteiger partial charge in [0.15, 0.2) is 6.04 Å². The van der Waals surface area contributed by atoms with Crippen LogP contribution in [0.15, 0.2) is 53.5 Å². The Balaban J connectivity index is 2.18. The number of nitrogens with one attached hydrogen (secondary N) is 1.